The van der Waals surface area contributed by atoms with E-state index in [4.69, 9.17) is 16.3 Å². The van der Waals surface area contributed by atoms with Gasteiger partial charge in [0.05, 0.1) is 0 Å². The Hall–Kier alpha value is -1.10. The third-order valence-corrected chi connectivity index (χ3v) is 3.72. The zero-order valence-electron chi connectivity index (χ0n) is 11.8. The second-order valence-corrected chi connectivity index (χ2v) is 6.25. The first-order valence-electron chi connectivity index (χ1n) is 6.61. The van der Waals surface area contributed by atoms with Gasteiger partial charge in [-0.15, -0.1) is 0 Å². The minimum Gasteiger partial charge on any atom is -0.454 e. The molecule has 0 aliphatic carbocycles. The molecule has 1 N–H and O–H groups in total. The van der Waals surface area contributed by atoms with E-state index in [1.54, 1.807) is 30.3 Å². The Labute approximate surface area is 137 Å². The van der Waals surface area contributed by atoms with E-state index in [2.05, 4.69) is 21.2 Å². The van der Waals surface area contributed by atoms with Gasteiger partial charge in [-0.25, -0.2) is 4.39 Å². The fraction of sp³-hybridized carbons (Fsp3) is 0.250. The van der Waals surface area contributed by atoms with Crippen LogP contribution in [-0.2, 0) is 6.54 Å². The maximum absolute atomic E-state index is 13.8. The molecule has 2 aromatic rings. The summed E-state index contributed by atoms with van der Waals surface area (Å²) in [5.74, 6) is 0.297. The van der Waals surface area contributed by atoms with Crippen LogP contribution in [0.1, 0.15) is 19.4 Å². The predicted molar refractivity (Wildman–Crippen MR) is 87.6 cm³/mol. The van der Waals surface area contributed by atoms with Gasteiger partial charge in [0.15, 0.2) is 11.6 Å². The molecule has 0 amide bonds. The second kappa shape index (κ2) is 7.25. The summed E-state index contributed by atoms with van der Waals surface area (Å²) in [7, 11) is 0. The Morgan fingerprint density at radius 2 is 2.00 bits per heavy atom. The average Bonchev–Trinajstić information content (AvgIpc) is 2.42. The molecule has 0 unspecified atom stereocenters. The third kappa shape index (κ3) is 4.43. The van der Waals surface area contributed by atoms with Crippen molar-refractivity contribution in [3.05, 3.63) is 57.3 Å². The summed E-state index contributed by atoms with van der Waals surface area (Å²) in [6.07, 6.45) is 0. The van der Waals surface area contributed by atoms with Crippen LogP contribution < -0.4 is 10.1 Å². The third-order valence-electron chi connectivity index (χ3n) is 2.88. The molecular weight excluding hydrogens is 357 g/mol. The Balaban J connectivity index is 2.31. The van der Waals surface area contributed by atoms with Crippen LogP contribution >= 0.6 is 27.5 Å². The summed E-state index contributed by atoms with van der Waals surface area (Å²) < 4.78 is 20.3. The molecule has 5 heteroatoms. The molecule has 0 spiro atoms. The molecule has 21 heavy (non-hydrogen) atoms. The molecule has 0 radical (unpaired) electrons. The average molecular weight is 373 g/mol. The van der Waals surface area contributed by atoms with Crippen molar-refractivity contribution in [2.45, 2.75) is 26.4 Å². The van der Waals surface area contributed by atoms with Crippen LogP contribution in [0.4, 0.5) is 4.39 Å². The van der Waals surface area contributed by atoms with Crippen molar-refractivity contribution in [2.75, 3.05) is 0 Å². The van der Waals surface area contributed by atoms with E-state index in [0.717, 1.165) is 10.0 Å². The van der Waals surface area contributed by atoms with E-state index >= 15 is 0 Å². The lowest BCUT2D eigenvalue weighted by atomic mass is 10.2. The van der Waals surface area contributed by atoms with Gasteiger partial charge in [0.1, 0.15) is 5.75 Å². The van der Waals surface area contributed by atoms with Crippen molar-refractivity contribution in [3.63, 3.8) is 0 Å². The summed E-state index contributed by atoms with van der Waals surface area (Å²) in [6, 6.07) is 10.3. The van der Waals surface area contributed by atoms with Crippen LogP contribution in [0.3, 0.4) is 0 Å². The molecule has 0 saturated carbocycles. The normalized spacial score (nSPS) is 11.0. The van der Waals surface area contributed by atoms with Gasteiger partial charge in [-0.05, 0) is 30.3 Å². The highest BCUT2D eigenvalue weighted by atomic mass is 79.9. The lowest BCUT2D eigenvalue weighted by Crippen LogP contribution is -2.22. The number of ether oxygens (including phenoxy) is 1. The zero-order chi connectivity index (χ0) is 15.4. The number of benzene rings is 2. The molecule has 2 aromatic carbocycles. The summed E-state index contributed by atoms with van der Waals surface area (Å²) in [5.41, 5.74) is 0.812. The van der Waals surface area contributed by atoms with Gasteiger partial charge in [0.2, 0.25) is 0 Å². The SMILES string of the molecule is CC(C)NCc1c(Cl)cccc1Oc1cc(Br)ccc1F. The number of nitrogens with one attached hydrogen (secondary N) is 1. The van der Waals surface area contributed by atoms with E-state index in [0.29, 0.717) is 23.4 Å². The number of rotatable bonds is 5. The van der Waals surface area contributed by atoms with Crippen LogP contribution in [0.5, 0.6) is 11.5 Å². The van der Waals surface area contributed by atoms with Crippen LogP contribution in [0.15, 0.2) is 40.9 Å². The molecule has 0 atom stereocenters. The largest absolute Gasteiger partial charge is 0.454 e. The number of hydrogen-bond donors (Lipinski definition) is 1. The quantitative estimate of drug-likeness (QED) is 0.745. The van der Waals surface area contributed by atoms with Crippen molar-refractivity contribution in [1.29, 1.82) is 0 Å². The van der Waals surface area contributed by atoms with Gasteiger partial charge in [-0.2, -0.15) is 0 Å². The molecule has 0 aromatic heterocycles. The lowest BCUT2D eigenvalue weighted by molar-refractivity contribution is 0.434. The molecule has 0 saturated heterocycles. The fourth-order valence-corrected chi connectivity index (χ4v) is 2.36. The highest BCUT2D eigenvalue weighted by Gasteiger charge is 2.12. The summed E-state index contributed by atoms with van der Waals surface area (Å²) >= 11 is 9.53. The van der Waals surface area contributed by atoms with E-state index in [1.807, 2.05) is 13.8 Å². The topological polar surface area (TPSA) is 21.3 Å². The molecule has 0 aliphatic rings. The van der Waals surface area contributed by atoms with Gasteiger partial charge < -0.3 is 10.1 Å². The monoisotopic (exact) mass is 371 g/mol. The van der Waals surface area contributed by atoms with Gasteiger partial charge in [-0.1, -0.05) is 47.4 Å². The number of halogens is 3. The van der Waals surface area contributed by atoms with Crippen LogP contribution in [0.25, 0.3) is 0 Å². The molecule has 0 bridgehead atoms. The van der Waals surface area contributed by atoms with Crippen LogP contribution in [0.2, 0.25) is 5.02 Å². The van der Waals surface area contributed by atoms with E-state index < -0.39 is 5.82 Å². The maximum Gasteiger partial charge on any atom is 0.165 e. The highest BCUT2D eigenvalue weighted by Crippen LogP contribution is 2.33. The summed E-state index contributed by atoms with van der Waals surface area (Å²) in [5, 5.41) is 3.88. The van der Waals surface area contributed by atoms with Crippen LogP contribution in [-0.4, -0.2) is 6.04 Å². The molecule has 0 fully saturated rings. The molecule has 2 rings (SSSR count). The molecule has 0 heterocycles. The first-order chi connectivity index (χ1) is 9.97. The lowest BCUT2D eigenvalue weighted by Gasteiger charge is -2.15. The van der Waals surface area contributed by atoms with Crippen molar-refractivity contribution < 1.29 is 9.13 Å². The number of hydrogen-bond acceptors (Lipinski definition) is 2. The standard InChI is InChI=1S/C16H16BrClFNO/c1-10(2)20-9-12-13(18)4-3-5-15(12)21-16-8-11(17)6-7-14(16)19/h3-8,10,20H,9H2,1-2H3. The highest BCUT2D eigenvalue weighted by molar-refractivity contribution is 9.10. The van der Waals surface area contributed by atoms with Gasteiger partial charge >= 0.3 is 0 Å². The van der Waals surface area contributed by atoms with E-state index in [1.165, 1.54) is 6.07 Å². The Kier molecular flexibility index (Phi) is 5.62. The van der Waals surface area contributed by atoms with Gasteiger partial charge in [0, 0.05) is 27.6 Å². The van der Waals surface area contributed by atoms with Gasteiger partial charge in [0.25, 0.3) is 0 Å². The minimum absolute atomic E-state index is 0.164. The summed E-state index contributed by atoms with van der Waals surface area (Å²) in [6.45, 7) is 4.65. The fourth-order valence-electron chi connectivity index (χ4n) is 1.79. The van der Waals surface area contributed by atoms with Crippen molar-refractivity contribution in [1.82, 2.24) is 5.32 Å². The Morgan fingerprint density at radius 1 is 1.24 bits per heavy atom. The summed E-state index contributed by atoms with van der Waals surface area (Å²) in [4.78, 5) is 0. The minimum atomic E-state index is -0.416. The maximum atomic E-state index is 13.8. The molecule has 2 nitrogen and oxygen atoms in total. The molecular formula is C16H16BrClFNO. The predicted octanol–water partition coefficient (Wildman–Crippen LogP) is 5.53. The van der Waals surface area contributed by atoms with Crippen molar-refractivity contribution in [3.8, 4) is 11.5 Å². The van der Waals surface area contributed by atoms with Gasteiger partial charge in [-0.3, -0.25) is 0 Å². The van der Waals surface area contributed by atoms with Crippen molar-refractivity contribution >= 4 is 27.5 Å². The van der Waals surface area contributed by atoms with Crippen molar-refractivity contribution in [2.24, 2.45) is 0 Å². The van der Waals surface area contributed by atoms with E-state index in [-0.39, 0.29) is 5.75 Å². The first kappa shape index (κ1) is 16.3. The first-order valence-corrected chi connectivity index (χ1v) is 7.78. The smallest absolute Gasteiger partial charge is 0.165 e. The van der Waals surface area contributed by atoms with E-state index in [9.17, 15) is 4.39 Å². The molecule has 112 valence electrons. The van der Waals surface area contributed by atoms with Crippen LogP contribution in [0, 0.1) is 5.82 Å². The molecule has 0 aliphatic heterocycles. The Morgan fingerprint density at radius 3 is 2.71 bits per heavy atom. The zero-order valence-corrected chi connectivity index (χ0v) is 14.1. The Bertz CT molecular complexity index is 634. The second-order valence-electron chi connectivity index (χ2n) is 4.93.